The molecule has 0 amide bonds. The van der Waals surface area contributed by atoms with Gasteiger partial charge in [0, 0.05) is 22.1 Å². The minimum Gasteiger partial charge on any atom is -0.208 e. The number of hydrogen-bond donors (Lipinski definition) is 0. The molecule has 0 atom stereocenters. The van der Waals surface area contributed by atoms with Gasteiger partial charge in [0.15, 0.2) is 17.5 Å². The van der Waals surface area contributed by atoms with Crippen molar-refractivity contribution in [1.82, 2.24) is 15.0 Å². The summed E-state index contributed by atoms with van der Waals surface area (Å²) in [6.45, 7) is 4.66. The summed E-state index contributed by atoms with van der Waals surface area (Å²) in [6, 6.07) is 51.9. The second-order valence-corrected chi connectivity index (χ2v) is 14.0. The number of fused-ring (bicyclic) bond motifs is 3. The molecule has 1 heterocycles. The van der Waals surface area contributed by atoms with Gasteiger partial charge in [0.1, 0.15) is 0 Å². The highest BCUT2D eigenvalue weighted by Crippen LogP contribution is 2.53. The molecule has 0 saturated heterocycles. The van der Waals surface area contributed by atoms with Gasteiger partial charge in [-0.25, -0.2) is 15.0 Å². The van der Waals surface area contributed by atoms with Crippen LogP contribution in [0.15, 0.2) is 164 Å². The lowest BCUT2D eigenvalue weighted by Gasteiger charge is -2.22. The van der Waals surface area contributed by atoms with Crippen LogP contribution in [-0.2, 0) is 5.41 Å². The lowest BCUT2D eigenvalue weighted by Crippen LogP contribution is -2.15. The molecule has 1 aromatic heterocycles. The van der Waals surface area contributed by atoms with Crippen LogP contribution in [0.2, 0.25) is 0 Å². The van der Waals surface area contributed by atoms with Gasteiger partial charge in [0.05, 0.1) is 0 Å². The highest BCUT2D eigenvalue weighted by atomic mass is 15.0. The maximum Gasteiger partial charge on any atom is 0.164 e. The van der Waals surface area contributed by atoms with Crippen molar-refractivity contribution in [2.24, 2.45) is 0 Å². The first kappa shape index (κ1) is 30.8. The van der Waals surface area contributed by atoms with Crippen LogP contribution in [0.3, 0.4) is 0 Å². The van der Waals surface area contributed by atoms with Gasteiger partial charge < -0.3 is 0 Å². The summed E-state index contributed by atoms with van der Waals surface area (Å²) in [5.74, 6) is 2.02. The molecule has 0 unspecified atom stereocenters. The van der Waals surface area contributed by atoms with E-state index in [0.29, 0.717) is 17.5 Å². The summed E-state index contributed by atoms with van der Waals surface area (Å²) in [7, 11) is 0. The van der Waals surface area contributed by atoms with E-state index in [0.717, 1.165) is 29.5 Å². The molecule has 51 heavy (non-hydrogen) atoms. The maximum absolute atomic E-state index is 5.12. The third-order valence-electron chi connectivity index (χ3n) is 10.4. The molecule has 2 aliphatic carbocycles. The van der Waals surface area contributed by atoms with Crippen LogP contribution in [0.4, 0.5) is 0 Å². The van der Waals surface area contributed by atoms with Crippen LogP contribution >= 0.6 is 0 Å². The van der Waals surface area contributed by atoms with Crippen LogP contribution in [0.1, 0.15) is 43.4 Å². The first-order valence-corrected chi connectivity index (χ1v) is 17.8. The Morgan fingerprint density at radius 1 is 0.451 bits per heavy atom. The highest BCUT2D eigenvalue weighted by molar-refractivity contribution is 5.94. The predicted molar refractivity (Wildman–Crippen MR) is 211 cm³/mol. The van der Waals surface area contributed by atoms with Crippen LogP contribution in [-0.4, -0.2) is 15.0 Å². The first-order valence-electron chi connectivity index (χ1n) is 17.8. The van der Waals surface area contributed by atoms with Gasteiger partial charge in [-0.15, -0.1) is 0 Å². The molecule has 3 heteroatoms. The van der Waals surface area contributed by atoms with Gasteiger partial charge in [-0.3, -0.25) is 0 Å². The molecule has 9 rings (SSSR count). The van der Waals surface area contributed by atoms with Crippen molar-refractivity contribution in [1.29, 1.82) is 0 Å². The zero-order valence-electron chi connectivity index (χ0n) is 28.8. The monoisotopic (exact) mass is 655 g/mol. The molecule has 3 nitrogen and oxygen atoms in total. The predicted octanol–water partition coefficient (Wildman–Crippen LogP) is 12.2. The fourth-order valence-electron chi connectivity index (χ4n) is 7.69. The normalized spacial score (nSPS) is 14.1. The Morgan fingerprint density at radius 2 is 1.04 bits per heavy atom. The molecule has 0 aliphatic heterocycles. The number of rotatable bonds is 6. The van der Waals surface area contributed by atoms with E-state index in [1.165, 1.54) is 55.6 Å². The lowest BCUT2D eigenvalue weighted by molar-refractivity contribution is 0.660. The Bertz CT molecular complexity index is 2470. The number of aromatic nitrogens is 3. The molecule has 244 valence electrons. The Labute approximate surface area is 299 Å². The maximum atomic E-state index is 5.12. The third-order valence-corrected chi connectivity index (χ3v) is 10.4. The Hall–Kier alpha value is -6.19. The molecular formula is C48H37N3. The molecule has 7 aromatic rings. The molecule has 0 radical (unpaired) electrons. The molecule has 0 fully saturated rings. The van der Waals surface area contributed by atoms with Crippen LogP contribution < -0.4 is 0 Å². The van der Waals surface area contributed by atoms with E-state index in [1.807, 2.05) is 18.2 Å². The van der Waals surface area contributed by atoms with Crippen molar-refractivity contribution in [2.45, 2.75) is 32.1 Å². The summed E-state index contributed by atoms with van der Waals surface area (Å²) >= 11 is 0. The summed E-state index contributed by atoms with van der Waals surface area (Å²) < 4.78 is 0. The van der Waals surface area contributed by atoms with Crippen molar-refractivity contribution >= 4 is 5.57 Å². The molecule has 0 bridgehead atoms. The van der Waals surface area contributed by atoms with Crippen molar-refractivity contribution < 1.29 is 0 Å². The lowest BCUT2D eigenvalue weighted by atomic mass is 9.81. The standard InChI is InChI=1S/C48H37N3/c1-48(2)42-23-13-22-40(38-21-12-20-37(30-38)33-16-8-4-9-17-33)44(42)41-29-28-39(31-43(41)48)47-50-45(35-18-10-5-11-19-35)49-46(51-47)36-26-24-34(25-27-36)32-14-6-3-7-15-32/h3-6,8-14,16-31H,7,15H2,1-2H3. The van der Waals surface area contributed by atoms with Crippen molar-refractivity contribution in [2.75, 3.05) is 0 Å². The summed E-state index contributed by atoms with van der Waals surface area (Å²) in [4.78, 5) is 15.2. The number of hydrogen-bond acceptors (Lipinski definition) is 3. The van der Waals surface area contributed by atoms with E-state index in [2.05, 4.69) is 159 Å². The average Bonchev–Trinajstić information content (AvgIpc) is 3.44. The second-order valence-electron chi connectivity index (χ2n) is 14.0. The van der Waals surface area contributed by atoms with Crippen molar-refractivity contribution in [3.05, 3.63) is 181 Å². The minimum atomic E-state index is -0.204. The van der Waals surface area contributed by atoms with E-state index in [1.54, 1.807) is 0 Å². The quantitative estimate of drug-likeness (QED) is 0.179. The molecule has 0 N–H and O–H groups in total. The van der Waals surface area contributed by atoms with Crippen LogP contribution in [0.25, 0.3) is 73.1 Å². The summed E-state index contributed by atoms with van der Waals surface area (Å²) in [5.41, 5.74) is 15.4. The van der Waals surface area contributed by atoms with Crippen LogP contribution in [0, 0.1) is 0 Å². The van der Waals surface area contributed by atoms with Gasteiger partial charge >= 0.3 is 0 Å². The number of benzene rings is 6. The Morgan fingerprint density at radius 3 is 1.75 bits per heavy atom. The highest BCUT2D eigenvalue weighted by Gasteiger charge is 2.37. The third kappa shape index (κ3) is 5.61. The molecule has 6 aromatic carbocycles. The van der Waals surface area contributed by atoms with E-state index >= 15 is 0 Å². The van der Waals surface area contributed by atoms with Gasteiger partial charge in [-0.05, 0) is 80.6 Å². The smallest absolute Gasteiger partial charge is 0.164 e. The zero-order chi connectivity index (χ0) is 34.4. The second kappa shape index (κ2) is 12.6. The van der Waals surface area contributed by atoms with Crippen molar-refractivity contribution in [3.8, 4) is 67.5 Å². The van der Waals surface area contributed by atoms with E-state index in [4.69, 9.17) is 15.0 Å². The molecule has 2 aliphatic rings. The number of nitrogens with zero attached hydrogens (tertiary/aromatic N) is 3. The fourth-order valence-corrected chi connectivity index (χ4v) is 7.69. The van der Waals surface area contributed by atoms with Gasteiger partial charge in [-0.2, -0.15) is 0 Å². The summed E-state index contributed by atoms with van der Waals surface area (Å²) in [5, 5.41) is 0. The minimum absolute atomic E-state index is 0.204. The zero-order valence-corrected chi connectivity index (χ0v) is 28.8. The first-order chi connectivity index (χ1) is 25.0. The SMILES string of the molecule is CC1(C)c2cc(-c3nc(-c4ccccc4)nc(-c4ccc(C5=CC=CCC5)cc4)n3)ccc2-c2c(-c3cccc(-c4ccccc4)c3)cccc21. The van der Waals surface area contributed by atoms with E-state index in [9.17, 15) is 0 Å². The molecular weight excluding hydrogens is 619 g/mol. The van der Waals surface area contributed by atoms with Crippen LogP contribution in [0.5, 0.6) is 0 Å². The van der Waals surface area contributed by atoms with Gasteiger partial charge in [0.2, 0.25) is 0 Å². The number of allylic oxidation sites excluding steroid dienone is 4. The Kier molecular flexibility index (Phi) is 7.62. The average molecular weight is 656 g/mol. The fraction of sp³-hybridized carbons (Fsp3) is 0.104. The topological polar surface area (TPSA) is 38.7 Å². The molecule has 0 saturated carbocycles. The van der Waals surface area contributed by atoms with E-state index in [-0.39, 0.29) is 5.41 Å². The van der Waals surface area contributed by atoms with Crippen molar-refractivity contribution in [3.63, 3.8) is 0 Å². The summed E-state index contributed by atoms with van der Waals surface area (Å²) in [6.07, 6.45) is 8.72. The Balaban J connectivity index is 1.14. The van der Waals surface area contributed by atoms with Gasteiger partial charge in [-0.1, -0.05) is 166 Å². The largest absolute Gasteiger partial charge is 0.208 e. The van der Waals surface area contributed by atoms with Gasteiger partial charge in [0.25, 0.3) is 0 Å². The molecule has 0 spiro atoms. The van der Waals surface area contributed by atoms with E-state index < -0.39 is 0 Å².